The van der Waals surface area contributed by atoms with Gasteiger partial charge < -0.3 is 14.8 Å². The van der Waals surface area contributed by atoms with Crippen LogP contribution in [0.3, 0.4) is 0 Å². The monoisotopic (exact) mass is 350 g/mol. The van der Waals surface area contributed by atoms with Gasteiger partial charge in [-0.15, -0.1) is 10.2 Å². The van der Waals surface area contributed by atoms with Gasteiger partial charge in [0.1, 0.15) is 12.4 Å². The number of hydrogen-bond donors (Lipinski definition) is 1. The van der Waals surface area contributed by atoms with Crippen LogP contribution in [-0.2, 0) is 19.5 Å². The molecule has 1 aromatic rings. The van der Waals surface area contributed by atoms with Gasteiger partial charge in [-0.2, -0.15) is 11.8 Å². The van der Waals surface area contributed by atoms with Crippen LogP contribution < -0.4 is 5.32 Å². The molecule has 2 aliphatic rings. The number of fused-ring (bicyclic) bond motifs is 1. The highest BCUT2D eigenvalue weighted by Crippen LogP contribution is 2.29. The largest absolute Gasteiger partial charge is 0.357 e. The molecule has 1 N–H and O–H groups in total. The molecule has 0 unspecified atom stereocenters. The lowest BCUT2D eigenvalue weighted by Gasteiger charge is -2.39. The van der Waals surface area contributed by atoms with Crippen molar-refractivity contribution < 1.29 is 0 Å². The molecule has 0 aromatic carbocycles. The minimum atomic E-state index is 0.278. The molecule has 6 nitrogen and oxygen atoms in total. The highest BCUT2D eigenvalue weighted by Gasteiger charge is 2.28. The van der Waals surface area contributed by atoms with Gasteiger partial charge in [-0.3, -0.25) is 0 Å². The quantitative estimate of drug-likeness (QED) is 0.669. The lowest BCUT2D eigenvalue weighted by molar-refractivity contribution is 0.375. The summed E-state index contributed by atoms with van der Waals surface area (Å²) in [5.41, 5.74) is 0. The highest BCUT2D eigenvalue weighted by molar-refractivity contribution is 8.00. The van der Waals surface area contributed by atoms with Gasteiger partial charge in [-0.1, -0.05) is 6.42 Å². The van der Waals surface area contributed by atoms with Gasteiger partial charge >= 0.3 is 0 Å². The number of thioether (sulfide) groups is 1. The Morgan fingerprint density at radius 2 is 2.12 bits per heavy atom. The van der Waals surface area contributed by atoms with Crippen molar-refractivity contribution in [1.29, 1.82) is 0 Å². The number of aromatic nitrogens is 3. The summed E-state index contributed by atoms with van der Waals surface area (Å²) in [6.07, 6.45) is 4.79. The Kier molecular flexibility index (Phi) is 5.69. The first kappa shape index (κ1) is 17.6. The average molecular weight is 351 g/mol. The van der Waals surface area contributed by atoms with E-state index in [-0.39, 0.29) is 4.75 Å². The fourth-order valence-electron chi connectivity index (χ4n) is 3.43. The number of hydrogen-bond acceptors (Lipinski definition) is 4. The lowest BCUT2D eigenvalue weighted by Crippen LogP contribution is -2.51. The molecule has 3 heterocycles. The summed E-state index contributed by atoms with van der Waals surface area (Å²) in [5, 5.41) is 12.2. The Hall–Kier alpha value is -1.24. The maximum atomic E-state index is 4.88. The molecule has 1 aromatic heterocycles. The molecule has 0 aliphatic carbocycles. The van der Waals surface area contributed by atoms with Crippen molar-refractivity contribution in [1.82, 2.24) is 25.0 Å². The van der Waals surface area contributed by atoms with E-state index in [1.807, 2.05) is 11.8 Å². The van der Waals surface area contributed by atoms with Crippen LogP contribution in [0.15, 0.2) is 4.99 Å². The molecule has 0 amide bonds. The van der Waals surface area contributed by atoms with Crippen LogP contribution in [0, 0.1) is 0 Å². The fourth-order valence-corrected chi connectivity index (χ4v) is 4.54. The SMILES string of the molecule is CCNC(=NCc1nnc2n1CCCCC2)N1CCSC(C)(C)C1. The molecule has 0 atom stereocenters. The Morgan fingerprint density at radius 1 is 1.25 bits per heavy atom. The second kappa shape index (κ2) is 7.76. The van der Waals surface area contributed by atoms with Gasteiger partial charge in [0.05, 0.1) is 0 Å². The summed E-state index contributed by atoms with van der Waals surface area (Å²) < 4.78 is 2.57. The summed E-state index contributed by atoms with van der Waals surface area (Å²) in [7, 11) is 0. The zero-order valence-electron chi connectivity index (χ0n) is 15.2. The summed E-state index contributed by atoms with van der Waals surface area (Å²) in [4.78, 5) is 7.27. The normalized spacial score (nSPS) is 21.3. The third kappa shape index (κ3) is 4.23. The summed E-state index contributed by atoms with van der Waals surface area (Å²) >= 11 is 2.05. The van der Waals surface area contributed by atoms with Crippen LogP contribution >= 0.6 is 11.8 Å². The third-order valence-electron chi connectivity index (χ3n) is 4.62. The summed E-state index contributed by atoms with van der Waals surface area (Å²) in [5.74, 6) is 4.31. The first-order valence-electron chi connectivity index (χ1n) is 9.17. The van der Waals surface area contributed by atoms with Gasteiger partial charge in [0.25, 0.3) is 0 Å². The van der Waals surface area contributed by atoms with Crippen molar-refractivity contribution in [2.45, 2.75) is 64.3 Å². The van der Waals surface area contributed by atoms with Crippen molar-refractivity contribution in [2.24, 2.45) is 4.99 Å². The number of nitrogens with zero attached hydrogens (tertiary/aromatic N) is 5. The van der Waals surface area contributed by atoms with Gasteiger partial charge in [0.15, 0.2) is 11.8 Å². The molecule has 7 heteroatoms. The second-order valence-electron chi connectivity index (χ2n) is 7.19. The van der Waals surface area contributed by atoms with Crippen LogP contribution in [0.4, 0.5) is 0 Å². The average Bonchev–Trinajstić information content (AvgIpc) is 2.77. The molecular formula is C17H30N6S. The van der Waals surface area contributed by atoms with Crippen LogP contribution in [0.25, 0.3) is 0 Å². The molecule has 1 saturated heterocycles. The van der Waals surface area contributed by atoms with Gasteiger partial charge in [-0.05, 0) is 33.6 Å². The predicted octanol–water partition coefficient (Wildman–Crippen LogP) is 2.30. The van der Waals surface area contributed by atoms with Crippen LogP contribution in [0.5, 0.6) is 0 Å². The number of aryl methyl sites for hydroxylation is 1. The minimum absolute atomic E-state index is 0.278. The van der Waals surface area contributed by atoms with Gasteiger partial charge in [0.2, 0.25) is 0 Å². The zero-order valence-corrected chi connectivity index (χ0v) is 16.0. The maximum Gasteiger partial charge on any atom is 0.194 e. The number of rotatable bonds is 3. The molecule has 2 aliphatic heterocycles. The van der Waals surface area contributed by atoms with Crippen molar-refractivity contribution >= 4 is 17.7 Å². The summed E-state index contributed by atoms with van der Waals surface area (Å²) in [6, 6.07) is 0. The van der Waals surface area contributed by atoms with Crippen molar-refractivity contribution in [2.75, 3.05) is 25.4 Å². The van der Waals surface area contributed by atoms with Crippen molar-refractivity contribution in [3.8, 4) is 0 Å². The Bertz CT molecular complexity index is 580. The van der Waals surface area contributed by atoms with Gasteiger partial charge in [0, 0.05) is 43.1 Å². The molecule has 3 rings (SSSR count). The standard InChI is InChI=1S/C17H30N6S/c1-4-18-16(22-10-11-24-17(2,3)13-22)19-12-15-21-20-14-8-6-5-7-9-23(14)15/h4-13H2,1-3H3,(H,18,19). The molecule has 1 fully saturated rings. The Morgan fingerprint density at radius 3 is 2.92 bits per heavy atom. The van der Waals surface area contributed by atoms with E-state index in [0.717, 1.165) is 56.0 Å². The number of aliphatic imine (C=N–C) groups is 1. The molecule has 0 spiro atoms. The fraction of sp³-hybridized carbons (Fsp3) is 0.824. The first-order valence-corrected chi connectivity index (χ1v) is 10.2. The zero-order chi connectivity index (χ0) is 17.0. The number of guanidine groups is 1. The van der Waals surface area contributed by atoms with E-state index in [1.165, 1.54) is 19.3 Å². The second-order valence-corrected chi connectivity index (χ2v) is 9.00. The van der Waals surface area contributed by atoms with E-state index in [1.54, 1.807) is 0 Å². The Balaban J connectivity index is 1.73. The predicted molar refractivity (Wildman–Crippen MR) is 101 cm³/mol. The number of nitrogens with one attached hydrogen (secondary N) is 1. The topological polar surface area (TPSA) is 58.3 Å². The molecule has 134 valence electrons. The Labute approximate surface area is 149 Å². The molecule has 0 bridgehead atoms. The van der Waals surface area contributed by atoms with Crippen LogP contribution in [-0.4, -0.2) is 55.8 Å². The van der Waals surface area contributed by atoms with Crippen molar-refractivity contribution in [3.05, 3.63) is 11.6 Å². The molecule has 24 heavy (non-hydrogen) atoms. The molecule has 0 saturated carbocycles. The van der Waals surface area contributed by atoms with Crippen molar-refractivity contribution in [3.63, 3.8) is 0 Å². The third-order valence-corrected chi connectivity index (χ3v) is 5.91. The van der Waals surface area contributed by atoms with E-state index in [2.05, 4.69) is 45.8 Å². The van der Waals surface area contributed by atoms with E-state index in [4.69, 9.17) is 4.99 Å². The van der Waals surface area contributed by atoms with E-state index in [9.17, 15) is 0 Å². The van der Waals surface area contributed by atoms with E-state index >= 15 is 0 Å². The maximum absolute atomic E-state index is 4.88. The smallest absolute Gasteiger partial charge is 0.194 e. The lowest BCUT2D eigenvalue weighted by atomic mass is 10.2. The molecular weight excluding hydrogens is 320 g/mol. The van der Waals surface area contributed by atoms with Crippen LogP contribution in [0.1, 0.15) is 51.7 Å². The van der Waals surface area contributed by atoms with E-state index in [0.29, 0.717) is 6.54 Å². The highest BCUT2D eigenvalue weighted by atomic mass is 32.2. The van der Waals surface area contributed by atoms with Crippen LogP contribution in [0.2, 0.25) is 0 Å². The van der Waals surface area contributed by atoms with Gasteiger partial charge in [-0.25, -0.2) is 4.99 Å². The van der Waals surface area contributed by atoms with E-state index < -0.39 is 0 Å². The first-order chi connectivity index (χ1) is 11.6. The minimum Gasteiger partial charge on any atom is -0.357 e. The molecule has 0 radical (unpaired) electrons. The summed E-state index contributed by atoms with van der Waals surface area (Å²) in [6.45, 7) is 11.4.